The van der Waals surface area contributed by atoms with Gasteiger partial charge in [-0.05, 0) is 45.7 Å². The molecule has 2 aromatic heterocycles. The largest absolute Gasteiger partial charge is 0.367 e. The van der Waals surface area contributed by atoms with Gasteiger partial charge in [-0.15, -0.1) is 0 Å². The number of halogens is 2. The fourth-order valence-electron chi connectivity index (χ4n) is 2.91. The standard InChI is InChI=1S/C19H29Cl2N7/c1-6-22-19(24-8-7-23-18-17(21)10-15(20)11-25-18)26-12(2)9-16-13(3)27-28(5)14(16)4/h10-12H,6-9H2,1-5H3,(H,23,25)(H2,22,24,26). The van der Waals surface area contributed by atoms with Crippen LogP contribution in [0.3, 0.4) is 0 Å². The molecule has 9 heteroatoms. The van der Waals surface area contributed by atoms with Crippen LogP contribution >= 0.6 is 23.2 Å². The number of hydrogen-bond donors (Lipinski definition) is 3. The van der Waals surface area contributed by atoms with Crippen molar-refractivity contribution in [2.24, 2.45) is 12.0 Å². The maximum absolute atomic E-state index is 6.12. The minimum absolute atomic E-state index is 0.222. The fourth-order valence-corrected chi connectivity index (χ4v) is 3.36. The lowest BCUT2D eigenvalue weighted by atomic mass is 10.1. The zero-order valence-corrected chi connectivity index (χ0v) is 18.6. The Morgan fingerprint density at radius 3 is 2.68 bits per heavy atom. The van der Waals surface area contributed by atoms with Crippen molar-refractivity contribution in [3.05, 3.63) is 39.3 Å². The molecule has 2 heterocycles. The highest BCUT2D eigenvalue weighted by molar-refractivity contribution is 6.35. The van der Waals surface area contributed by atoms with Crippen LogP contribution in [0.25, 0.3) is 0 Å². The second kappa shape index (κ2) is 10.5. The molecular weight excluding hydrogens is 397 g/mol. The Balaban J connectivity index is 1.90. The third-order valence-electron chi connectivity index (χ3n) is 4.38. The van der Waals surface area contributed by atoms with Gasteiger partial charge in [-0.1, -0.05) is 23.2 Å². The van der Waals surface area contributed by atoms with Crippen LogP contribution in [-0.2, 0) is 13.5 Å². The lowest BCUT2D eigenvalue weighted by Gasteiger charge is -2.18. The second-order valence-corrected chi connectivity index (χ2v) is 7.54. The normalized spacial score (nSPS) is 12.8. The van der Waals surface area contributed by atoms with Crippen molar-refractivity contribution in [3.63, 3.8) is 0 Å². The summed E-state index contributed by atoms with van der Waals surface area (Å²) < 4.78 is 1.93. The number of rotatable bonds is 8. The van der Waals surface area contributed by atoms with Gasteiger partial charge in [0.25, 0.3) is 0 Å². The predicted octanol–water partition coefficient (Wildman–Crippen LogP) is 3.34. The van der Waals surface area contributed by atoms with Crippen molar-refractivity contribution in [3.8, 4) is 0 Å². The molecule has 2 aromatic rings. The van der Waals surface area contributed by atoms with E-state index in [9.17, 15) is 0 Å². The Kier molecular flexibility index (Phi) is 8.38. The SMILES string of the molecule is CCNC(=NCCNc1ncc(Cl)cc1Cl)NC(C)Cc1c(C)nn(C)c1C. The number of aryl methyl sites for hydroxylation is 2. The molecule has 1 unspecified atom stereocenters. The van der Waals surface area contributed by atoms with Crippen LogP contribution in [0.15, 0.2) is 17.3 Å². The highest BCUT2D eigenvalue weighted by Crippen LogP contribution is 2.22. The average Bonchev–Trinajstić information content (AvgIpc) is 2.86. The Bertz CT molecular complexity index is 817. The molecule has 0 spiro atoms. The van der Waals surface area contributed by atoms with E-state index in [2.05, 4.69) is 51.8 Å². The Morgan fingerprint density at radius 2 is 2.07 bits per heavy atom. The summed E-state index contributed by atoms with van der Waals surface area (Å²) in [6, 6.07) is 1.89. The summed E-state index contributed by atoms with van der Waals surface area (Å²) in [5.74, 6) is 1.39. The summed E-state index contributed by atoms with van der Waals surface area (Å²) in [5, 5.41) is 15.4. The molecule has 7 nitrogen and oxygen atoms in total. The smallest absolute Gasteiger partial charge is 0.191 e. The molecule has 0 saturated heterocycles. The van der Waals surface area contributed by atoms with Gasteiger partial charge >= 0.3 is 0 Å². The van der Waals surface area contributed by atoms with E-state index < -0.39 is 0 Å². The van der Waals surface area contributed by atoms with Gasteiger partial charge in [-0.2, -0.15) is 5.10 Å². The summed E-state index contributed by atoms with van der Waals surface area (Å²) in [6.45, 7) is 10.3. The van der Waals surface area contributed by atoms with Crippen molar-refractivity contribution < 1.29 is 0 Å². The van der Waals surface area contributed by atoms with Gasteiger partial charge in [0, 0.05) is 38.1 Å². The minimum Gasteiger partial charge on any atom is -0.367 e. The number of nitrogens with one attached hydrogen (secondary N) is 3. The lowest BCUT2D eigenvalue weighted by molar-refractivity contribution is 0.636. The quantitative estimate of drug-likeness (QED) is 0.343. The number of pyridine rings is 1. The molecule has 0 aromatic carbocycles. The van der Waals surface area contributed by atoms with Gasteiger partial charge in [-0.25, -0.2) is 4.98 Å². The topological polar surface area (TPSA) is 79.2 Å². The van der Waals surface area contributed by atoms with Gasteiger partial charge in [0.15, 0.2) is 5.96 Å². The summed E-state index contributed by atoms with van der Waals surface area (Å²) in [6.07, 6.45) is 2.45. The fraction of sp³-hybridized carbons (Fsp3) is 0.526. The lowest BCUT2D eigenvalue weighted by Crippen LogP contribution is -2.43. The number of guanidine groups is 1. The van der Waals surface area contributed by atoms with Crippen LogP contribution in [0.2, 0.25) is 10.0 Å². The third kappa shape index (κ3) is 6.27. The molecule has 2 rings (SSSR count). The Morgan fingerprint density at radius 1 is 1.32 bits per heavy atom. The number of hydrogen-bond acceptors (Lipinski definition) is 4. The molecule has 3 N–H and O–H groups in total. The summed E-state index contributed by atoms with van der Waals surface area (Å²) in [7, 11) is 1.98. The molecule has 154 valence electrons. The van der Waals surface area contributed by atoms with Gasteiger partial charge < -0.3 is 16.0 Å². The minimum atomic E-state index is 0.222. The monoisotopic (exact) mass is 425 g/mol. The Labute approximate surface area is 176 Å². The molecule has 0 bridgehead atoms. The van der Waals surface area contributed by atoms with Crippen molar-refractivity contribution >= 4 is 35.0 Å². The molecule has 1 atom stereocenters. The van der Waals surface area contributed by atoms with Crippen LogP contribution < -0.4 is 16.0 Å². The highest BCUT2D eigenvalue weighted by atomic mass is 35.5. The van der Waals surface area contributed by atoms with Gasteiger partial charge in [0.05, 0.1) is 22.3 Å². The van der Waals surface area contributed by atoms with Crippen LogP contribution in [0.5, 0.6) is 0 Å². The van der Waals surface area contributed by atoms with E-state index in [1.807, 2.05) is 18.7 Å². The molecule has 0 fully saturated rings. The molecule has 0 aliphatic heterocycles. The molecule has 0 saturated carbocycles. The maximum atomic E-state index is 6.12. The molecule has 0 aliphatic carbocycles. The van der Waals surface area contributed by atoms with Crippen LogP contribution in [0.1, 0.15) is 30.8 Å². The molecule has 28 heavy (non-hydrogen) atoms. The maximum Gasteiger partial charge on any atom is 0.191 e. The number of aromatic nitrogens is 3. The van der Waals surface area contributed by atoms with E-state index in [1.54, 1.807) is 12.3 Å². The van der Waals surface area contributed by atoms with Crippen LogP contribution in [0, 0.1) is 13.8 Å². The first kappa shape index (κ1) is 22.3. The third-order valence-corrected chi connectivity index (χ3v) is 4.87. The number of aliphatic imine (C=N–C) groups is 1. The van der Waals surface area contributed by atoms with Crippen molar-refractivity contribution in [1.82, 2.24) is 25.4 Å². The Hall–Kier alpha value is -1.99. The van der Waals surface area contributed by atoms with Gasteiger partial charge in [-0.3, -0.25) is 9.67 Å². The predicted molar refractivity (Wildman–Crippen MR) is 118 cm³/mol. The van der Waals surface area contributed by atoms with Crippen molar-refractivity contribution in [2.45, 2.75) is 40.2 Å². The van der Waals surface area contributed by atoms with Crippen molar-refractivity contribution in [1.29, 1.82) is 0 Å². The van der Waals surface area contributed by atoms with E-state index in [1.165, 1.54) is 11.3 Å². The van der Waals surface area contributed by atoms with E-state index in [4.69, 9.17) is 23.2 Å². The zero-order chi connectivity index (χ0) is 20.7. The van der Waals surface area contributed by atoms with E-state index >= 15 is 0 Å². The number of anilines is 1. The molecular formula is C19H29Cl2N7. The summed E-state index contributed by atoms with van der Waals surface area (Å²) >= 11 is 12.0. The molecule has 0 aliphatic rings. The first-order chi connectivity index (χ1) is 13.3. The average molecular weight is 426 g/mol. The summed E-state index contributed by atoms with van der Waals surface area (Å²) in [5.41, 5.74) is 3.56. The van der Waals surface area contributed by atoms with Gasteiger partial charge in [0.2, 0.25) is 0 Å². The second-order valence-electron chi connectivity index (χ2n) is 6.69. The molecule has 0 radical (unpaired) electrons. The zero-order valence-electron chi connectivity index (χ0n) is 17.1. The first-order valence-corrected chi connectivity index (χ1v) is 10.2. The van der Waals surface area contributed by atoms with E-state index in [0.29, 0.717) is 29.0 Å². The summed E-state index contributed by atoms with van der Waals surface area (Å²) in [4.78, 5) is 8.80. The van der Waals surface area contributed by atoms with Crippen LogP contribution in [0.4, 0.5) is 5.82 Å². The molecule has 0 amide bonds. The van der Waals surface area contributed by atoms with Crippen LogP contribution in [-0.4, -0.2) is 46.4 Å². The van der Waals surface area contributed by atoms with E-state index in [-0.39, 0.29) is 6.04 Å². The number of nitrogens with zero attached hydrogens (tertiary/aromatic N) is 4. The van der Waals surface area contributed by atoms with Crippen molar-refractivity contribution in [2.75, 3.05) is 25.0 Å². The first-order valence-electron chi connectivity index (χ1n) is 9.40. The highest BCUT2D eigenvalue weighted by Gasteiger charge is 2.14. The van der Waals surface area contributed by atoms with Gasteiger partial charge in [0.1, 0.15) is 5.82 Å². The van der Waals surface area contributed by atoms with E-state index in [0.717, 1.165) is 24.6 Å².